The molecule has 1 fully saturated rings. The monoisotopic (exact) mass is 325 g/mol. The zero-order valence-electron chi connectivity index (χ0n) is 14.0. The predicted octanol–water partition coefficient (Wildman–Crippen LogP) is 3.87. The third-order valence-corrected chi connectivity index (χ3v) is 5.11. The fourth-order valence-corrected chi connectivity index (χ4v) is 3.92. The quantitative estimate of drug-likeness (QED) is 0.928. The van der Waals surface area contributed by atoms with Crippen molar-refractivity contribution in [2.45, 2.75) is 51.0 Å². The Balaban J connectivity index is 1.67. The zero-order chi connectivity index (χ0) is 16.5. The van der Waals surface area contributed by atoms with Gasteiger partial charge >= 0.3 is 0 Å². The summed E-state index contributed by atoms with van der Waals surface area (Å²) in [5.41, 5.74) is 2.27. The highest BCUT2D eigenvalue weighted by atomic mass is 16.5. The fraction of sp³-hybridized carbons (Fsp3) is 0.474. The molecule has 1 atom stereocenters. The minimum absolute atomic E-state index is 0.0691. The van der Waals surface area contributed by atoms with Crippen LogP contribution in [-0.2, 0) is 4.79 Å². The summed E-state index contributed by atoms with van der Waals surface area (Å²) in [6.45, 7) is 2.63. The summed E-state index contributed by atoms with van der Waals surface area (Å²) in [7, 11) is 0. The second kappa shape index (κ2) is 6.30. The number of aromatic nitrogens is 2. The second-order valence-electron chi connectivity index (χ2n) is 6.64. The first kappa shape index (κ1) is 15.2. The summed E-state index contributed by atoms with van der Waals surface area (Å²) in [4.78, 5) is 12.3. The van der Waals surface area contributed by atoms with E-state index >= 15 is 0 Å². The molecule has 0 bridgehead atoms. The number of nitrogens with one attached hydrogen (secondary N) is 1. The molecule has 2 aromatic rings. The van der Waals surface area contributed by atoms with Crippen molar-refractivity contribution in [2.75, 3.05) is 11.9 Å². The minimum atomic E-state index is 0.0691. The Kier molecular flexibility index (Phi) is 4.00. The lowest BCUT2D eigenvalue weighted by Gasteiger charge is -2.25. The Morgan fingerprint density at radius 2 is 2.00 bits per heavy atom. The number of rotatable bonds is 4. The van der Waals surface area contributed by atoms with Gasteiger partial charge in [-0.05, 0) is 37.5 Å². The average Bonchev–Trinajstić information content (AvgIpc) is 3.24. The number of nitrogens with zero attached hydrogens (tertiary/aromatic N) is 2. The molecule has 5 heteroatoms. The van der Waals surface area contributed by atoms with Crippen molar-refractivity contribution >= 4 is 11.7 Å². The summed E-state index contributed by atoms with van der Waals surface area (Å²) >= 11 is 0. The zero-order valence-corrected chi connectivity index (χ0v) is 14.0. The van der Waals surface area contributed by atoms with Crippen LogP contribution < -0.4 is 10.1 Å². The van der Waals surface area contributed by atoms with Gasteiger partial charge < -0.3 is 10.1 Å². The molecule has 1 saturated carbocycles. The van der Waals surface area contributed by atoms with Crippen molar-refractivity contribution in [3.63, 3.8) is 0 Å². The topological polar surface area (TPSA) is 56.1 Å². The van der Waals surface area contributed by atoms with Crippen LogP contribution in [0.15, 0.2) is 30.5 Å². The Hall–Kier alpha value is -2.30. The van der Waals surface area contributed by atoms with Gasteiger partial charge in [0.1, 0.15) is 11.6 Å². The number of carbonyl (C=O) groups excluding carboxylic acids is 1. The molecule has 1 aliphatic heterocycles. The van der Waals surface area contributed by atoms with Crippen LogP contribution in [0.5, 0.6) is 5.75 Å². The molecule has 0 spiro atoms. The van der Waals surface area contributed by atoms with Gasteiger partial charge in [0.05, 0.1) is 18.8 Å². The van der Waals surface area contributed by atoms with Gasteiger partial charge in [-0.25, -0.2) is 4.68 Å². The predicted molar refractivity (Wildman–Crippen MR) is 92.4 cm³/mol. The number of carbonyl (C=O) groups is 1. The maximum Gasteiger partial charge on any atom is 0.226 e. The number of hydrogen-bond donors (Lipinski definition) is 1. The fourth-order valence-electron chi connectivity index (χ4n) is 3.92. The van der Waals surface area contributed by atoms with Crippen LogP contribution >= 0.6 is 0 Å². The Labute approximate surface area is 142 Å². The summed E-state index contributed by atoms with van der Waals surface area (Å²) < 4.78 is 7.56. The average molecular weight is 325 g/mol. The van der Waals surface area contributed by atoms with Gasteiger partial charge in [-0.15, -0.1) is 0 Å². The Morgan fingerprint density at radius 3 is 2.71 bits per heavy atom. The lowest BCUT2D eigenvalue weighted by molar-refractivity contribution is -0.116. The smallest absolute Gasteiger partial charge is 0.226 e. The van der Waals surface area contributed by atoms with Crippen LogP contribution in [0.25, 0.3) is 0 Å². The summed E-state index contributed by atoms with van der Waals surface area (Å²) in [6.07, 6.45) is 7.20. The molecule has 2 heterocycles. The van der Waals surface area contributed by atoms with Crippen molar-refractivity contribution in [1.82, 2.24) is 9.78 Å². The third kappa shape index (κ3) is 2.68. The molecular formula is C19H23N3O2. The van der Waals surface area contributed by atoms with Crippen LogP contribution in [0.1, 0.15) is 62.1 Å². The van der Waals surface area contributed by atoms with Crippen molar-refractivity contribution < 1.29 is 9.53 Å². The highest BCUT2D eigenvalue weighted by Crippen LogP contribution is 2.40. The van der Waals surface area contributed by atoms with Gasteiger partial charge in [0.2, 0.25) is 5.91 Å². The standard InChI is InChI=1S/C19H23N3O2/c1-2-24-15-9-7-13(8-10-15)16-11-18(23)21-19-17(16)12-20-22(19)14-5-3-4-6-14/h7-10,12,14,16H,2-6,11H2,1H3,(H,21,23). The summed E-state index contributed by atoms with van der Waals surface area (Å²) in [6, 6.07) is 8.50. The molecule has 1 amide bonds. The van der Waals surface area contributed by atoms with E-state index < -0.39 is 0 Å². The maximum atomic E-state index is 12.3. The third-order valence-electron chi connectivity index (χ3n) is 5.11. The van der Waals surface area contributed by atoms with E-state index in [0.717, 1.165) is 35.5 Å². The van der Waals surface area contributed by atoms with Crippen LogP contribution in [0, 0.1) is 0 Å². The molecule has 0 radical (unpaired) electrons. The first-order valence-corrected chi connectivity index (χ1v) is 8.86. The first-order valence-electron chi connectivity index (χ1n) is 8.86. The van der Waals surface area contributed by atoms with E-state index in [1.54, 1.807) is 0 Å². The van der Waals surface area contributed by atoms with Gasteiger partial charge in [-0.2, -0.15) is 5.10 Å². The van der Waals surface area contributed by atoms with E-state index in [9.17, 15) is 4.79 Å². The van der Waals surface area contributed by atoms with Gasteiger partial charge in [-0.3, -0.25) is 4.79 Å². The molecule has 24 heavy (non-hydrogen) atoms. The minimum Gasteiger partial charge on any atom is -0.494 e. The van der Waals surface area contributed by atoms with E-state index in [1.165, 1.54) is 12.8 Å². The van der Waals surface area contributed by atoms with Crippen LogP contribution in [0.4, 0.5) is 5.82 Å². The second-order valence-corrected chi connectivity index (χ2v) is 6.64. The van der Waals surface area contributed by atoms with E-state index in [-0.39, 0.29) is 11.8 Å². The molecule has 1 N–H and O–H groups in total. The molecule has 1 unspecified atom stereocenters. The van der Waals surface area contributed by atoms with Gasteiger partial charge in [0.25, 0.3) is 0 Å². The summed E-state index contributed by atoms with van der Waals surface area (Å²) in [5, 5.41) is 7.67. The van der Waals surface area contributed by atoms with Crippen LogP contribution in [-0.4, -0.2) is 22.3 Å². The molecule has 5 nitrogen and oxygen atoms in total. The van der Waals surface area contributed by atoms with E-state index in [2.05, 4.69) is 22.5 Å². The van der Waals surface area contributed by atoms with Crippen molar-refractivity contribution in [2.24, 2.45) is 0 Å². The Morgan fingerprint density at radius 1 is 1.25 bits per heavy atom. The van der Waals surface area contributed by atoms with Crippen molar-refractivity contribution in [1.29, 1.82) is 0 Å². The first-order chi connectivity index (χ1) is 11.8. The van der Waals surface area contributed by atoms with Crippen molar-refractivity contribution in [3.05, 3.63) is 41.6 Å². The van der Waals surface area contributed by atoms with E-state index in [0.29, 0.717) is 19.1 Å². The Bertz CT molecular complexity index is 730. The van der Waals surface area contributed by atoms with Gasteiger partial charge in [0.15, 0.2) is 0 Å². The van der Waals surface area contributed by atoms with Gasteiger partial charge in [-0.1, -0.05) is 25.0 Å². The van der Waals surface area contributed by atoms with Crippen molar-refractivity contribution in [3.8, 4) is 5.75 Å². The molecule has 4 rings (SSSR count). The molecule has 1 aliphatic carbocycles. The molecule has 126 valence electrons. The van der Waals surface area contributed by atoms with Crippen LogP contribution in [0.3, 0.4) is 0 Å². The molecular weight excluding hydrogens is 302 g/mol. The SMILES string of the molecule is CCOc1ccc(C2CC(=O)Nc3c2cnn3C2CCCC2)cc1. The number of hydrogen-bond acceptors (Lipinski definition) is 3. The largest absolute Gasteiger partial charge is 0.494 e. The van der Waals surface area contributed by atoms with E-state index in [4.69, 9.17) is 4.74 Å². The number of benzene rings is 1. The summed E-state index contributed by atoms with van der Waals surface area (Å²) in [5.74, 6) is 1.90. The highest BCUT2D eigenvalue weighted by Gasteiger charge is 2.32. The van der Waals surface area contributed by atoms with E-state index in [1.807, 2.05) is 29.9 Å². The number of anilines is 1. The normalized spacial score (nSPS) is 20.7. The molecule has 1 aromatic carbocycles. The van der Waals surface area contributed by atoms with Gasteiger partial charge in [0, 0.05) is 17.9 Å². The molecule has 2 aliphatic rings. The number of amides is 1. The lowest BCUT2D eigenvalue weighted by atomic mass is 9.87. The van der Waals surface area contributed by atoms with Crippen LogP contribution in [0.2, 0.25) is 0 Å². The number of ether oxygens (including phenoxy) is 1. The highest BCUT2D eigenvalue weighted by molar-refractivity contribution is 5.94. The lowest BCUT2D eigenvalue weighted by Crippen LogP contribution is -2.25. The number of fused-ring (bicyclic) bond motifs is 1. The molecule has 0 saturated heterocycles. The maximum absolute atomic E-state index is 12.3. The molecule has 1 aromatic heterocycles.